The van der Waals surface area contributed by atoms with Crippen LogP contribution in [-0.4, -0.2) is 11.7 Å². The Morgan fingerprint density at radius 3 is 2.71 bits per heavy atom. The van der Waals surface area contributed by atoms with E-state index in [1.54, 1.807) is 6.07 Å². The molecule has 110 valence electrons. The van der Waals surface area contributed by atoms with Gasteiger partial charge in [-0.1, -0.05) is 26.0 Å². The van der Waals surface area contributed by atoms with Crippen molar-refractivity contribution in [3.05, 3.63) is 64.5 Å². The zero-order chi connectivity index (χ0) is 15.2. The minimum absolute atomic E-state index is 0.0674. The van der Waals surface area contributed by atoms with E-state index < -0.39 is 6.10 Å². The van der Waals surface area contributed by atoms with Crippen molar-refractivity contribution in [3.8, 4) is 5.75 Å². The first-order valence-corrected chi connectivity index (χ1v) is 7.10. The molecule has 0 saturated carbocycles. The second-order valence-corrected chi connectivity index (χ2v) is 6.33. The number of hydrogen-bond acceptors (Lipinski definition) is 2. The molecule has 3 rings (SSSR count). The summed E-state index contributed by atoms with van der Waals surface area (Å²) in [7, 11) is 0. The number of aryl methyl sites for hydroxylation is 1. The minimum Gasteiger partial charge on any atom is -0.492 e. The van der Waals surface area contributed by atoms with Gasteiger partial charge in [-0.05, 0) is 47.9 Å². The van der Waals surface area contributed by atoms with Crippen molar-refractivity contribution in [2.45, 2.75) is 32.3 Å². The predicted octanol–water partition coefficient (Wildman–Crippen LogP) is 3.89. The van der Waals surface area contributed by atoms with Crippen LogP contribution in [0.15, 0.2) is 36.4 Å². The van der Waals surface area contributed by atoms with E-state index in [4.69, 9.17) is 4.74 Å². The molecular weight excluding hydrogens is 267 g/mol. The van der Waals surface area contributed by atoms with Gasteiger partial charge in [-0.2, -0.15) is 0 Å². The first-order chi connectivity index (χ1) is 9.88. The highest BCUT2D eigenvalue weighted by Gasteiger charge is 2.32. The molecule has 0 radical (unpaired) electrons. The highest BCUT2D eigenvalue weighted by Crippen LogP contribution is 2.40. The molecule has 21 heavy (non-hydrogen) atoms. The molecule has 1 heterocycles. The smallest absolute Gasteiger partial charge is 0.123 e. The summed E-state index contributed by atoms with van der Waals surface area (Å²) < 4.78 is 19.1. The Balaban J connectivity index is 2.03. The third kappa shape index (κ3) is 2.42. The molecule has 0 aromatic heterocycles. The van der Waals surface area contributed by atoms with Crippen LogP contribution in [0, 0.1) is 12.7 Å². The maximum absolute atomic E-state index is 13.4. The molecular formula is C18H19FO2. The molecule has 1 N–H and O–H groups in total. The van der Waals surface area contributed by atoms with E-state index in [0.29, 0.717) is 12.2 Å². The van der Waals surface area contributed by atoms with Crippen LogP contribution >= 0.6 is 0 Å². The molecule has 1 unspecified atom stereocenters. The Labute approximate surface area is 124 Å². The number of aliphatic hydroxyl groups is 1. The lowest BCUT2D eigenvalue weighted by Crippen LogP contribution is -2.18. The van der Waals surface area contributed by atoms with Crippen LogP contribution in [0.2, 0.25) is 0 Å². The summed E-state index contributed by atoms with van der Waals surface area (Å²) in [5, 5.41) is 10.6. The summed E-state index contributed by atoms with van der Waals surface area (Å²) in [5.74, 6) is 0.534. The molecule has 0 bridgehead atoms. The number of fused-ring (bicyclic) bond motifs is 1. The summed E-state index contributed by atoms with van der Waals surface area (Å²) in [6.07, 6.45) is -0.831. The van der Waals surface area contributed by atoms with Crippen LogP contribution in [0.3, 0.4) is 0 Å². The second kappa shape index (κ2) is 4.85. The summed E-state index contributed by atoms with van der Waals surface area (Å²) in [5.41, 5.74) is 3.27. The van der Waals surface area contributed by atoms with E-state index in [1.165, 1.54) is 12.1 Å². The quantitative estimate of drug-likeness (QED) is 0.907. The Hall–Kier alpha value is -1.87. The van der Waals surface area contributed by atoms with Crippen LogP contribution < -0.4 is 4.74 Å². The molecule has 0 fully saturated rings. The lowest BCUT2D eigenvalue weighted by Gasteiger charge is -2.19. The van der Waals surface area contributed by atoms with Gasteiger partial charge in [0.2, 0.25) is 0 Å². The summed E-state index contributed by atoms with van der Waals surface area (Å²) in [4.78, 5) is 0. The van der Waals surface area contributed by atoms with Crippen LogP contribution in [0.4, 0.5) is 4.39 Å². The van der Waals surface area contributed by atoms with Crippen molar-refractivity contribution in [1.82, 2.24) is 0 Å². The third-order valence-electron chi connectivity index (χ3n) is 4.17. The summed E-state index contributed by atoms with van der Waals surface area (Å²) in [6.45, 7) is 6.74. The van der Waals surface area contributed by atoms with Crippen molar-refractivity contribution < 1.29 is 14.2 Å². The van der Waals surface area contributed by atoms with Gasteiger partial charge in [-0.15, -0.1) is 0 Å². The van der Waals surface area contributed by atoms with Gasteiger partial charge in [0, 0.05) is 11.0 Å². The fraction of sp³-hybridized carbons (Fsp3) is 0.333. The zero-order valence-electron chi connectivity index (χ0n) is 12.5. The Morgan fingerprint density at radius 2 is 1.95 bits per heavy atom. The first kappa shape index (κ1) is 14.1. The van der Waals surface area contributed by atoms with Gasteiger partial charge in [0.05, 0.1) is 6.61 Å². The van der Waals surface area contributed by atoms with Crippen LogP contribution in [0.25, 0.3) is 0 Å². The van der Waals surface area contributed by atoms with Crippen molar-refractivity contribution >= 4 is 0 Å². The van der Waals surface area contributed by atoms with Gasteiger partial charge in [-0.25, -0.2) is 4.39 Å². The molecule has 0 aliphatic carbocycles. The topological polar surface area (TPSA) is 29.5 Å². The standard InChI is InChI=1S/C18H19FO2/c1-11-4-6-13(19)9-14(11)17(20)12-5-7-16-15(8-12)18(2,3)10-21-16/h4-9,17,20H,10H2,1-3H3. The number of hydrogen-bond donors (Lipinski definition) is 1. The van der Waals surface area contributed by atoms with Gasteiger partial charge in [-0.3, -0.25) is 0 Å². The Kier molecular flexibility index (Phi) is 3.25. The molecule has 0 amide bonds. The minimum atomic E-state index is -0.831. The average molecular weight is 286 g/mol. The molecule has 0 spiro atoms. The van der Waals surface area contributed by atoms with Gasteiger partial charge in [0.25, 0.3) is 0 Å². The molecule has 2 nitrogen and oxygen atoms in total. The van der Waals surface area contributed by atoms with E-state index in [2.05, 4.69) is 13.8 Å². The highest BCUT2D eigenvalue weighted by molar-refractivity contribution is 5.47. The lowest BCUT2D eigenvalue weighted by molar-refractivity contribution is 0.219. The zero-order valence-corrected chi connectivity index (χ0v) is 12.5. The number of ether oxygens (including phenoxy) is 1. The number of rotatable bonds is 2. The molecule has 3 heteroatoms. The fourth-order valence-corrected chi connectivity index (χ4v) is 2.79. The predicted molar refractivity (Wildman–Crippen MR) is 80.2 cm³/mol. The fourth-order valence-electron chi connectivity index (χ4n) is 2.79. The monoisotopic (exact) mass is 286 g/mol. The molecule has 1 atom stereocenters. The van der Waals surface area contributed by atoms with Gasteiger partial charge < -0.3 is 9.84 Å². The van der Waals surface area contributed by atoms with Gasteiger partial charge in [0.15, 0.2) is 0 Å². The van der Waals surface area contributed by atoms with E-state index in [1.807, 2.05) is 25.1 Å². The summed E-state index contributed by atoms with van der Waals surface area (Å²) >= 11 is 0. The van der Waals surface area contributed by atoms with Crippen molar-refractivity contribution in [1.29, 1.82) is 0 Å². The average Bonchev–Trinajstić information content (AvgIpc) is 2.76. The Morgan fingerprint density at radius 1 is 1.19 bits per heavy atom. The first-order valence-electron chi connectivity index (χ1n) is 7.10. The van der Waals surface area contributed by atoms with E-state index in [9.17, 15) is 9.50 Å². The number of aliphatic hydroxyl groups excluding tert-OH is 1. The van der Waals surface area contributed by atoms with Crippen molar-refractivity contribution in [2.24, 2.45) is 0 Å². The Bertz CT molecular complexity index is 692. The maximum atomic E-state index is 13.4. The normalized spacial score (nSPS) is 17.2. The van der Waals surface area contributed by atoms with Gasteiger partial charge >= 0.3 is 0 Å². The largest absolute Gasteiger partial charge is 0.492 e. The number of benzene rings is 2. The third-order valence-corrected chi connectivity index (χ3v) is 4.17. The van der Waals surface area contributed by atoms with Crippen molar-refractivity contribution in [3.63, 3.8) is 0 Å². The van der Waals surface area contributed by atoms with Crippen molar-refractivity contribution in [2.75, 3.05) is 6.61 Å². The van der Waals surface area contributed by atoms with Gasteiger partial charge in [0.1, 0.15) is 17.7 Å². The second-order valence-electron chi connectivity index (χ2n) is 6.33. The van der Waals surface area contributed by atoms with Crippen LogP contribution in [0.5, 0.6) is 5.75 Å². The van der Waals surface area contributed by atoms with E-state index in [0.717, 1.165) is 22.4 Å². The highest BCUT2D eigenvalue weighted by atomic mass is 19.1. The van der Waals surface area contributed by atoms with Crippen LogP contribution in [0.1, 0.15) is 42.2 Å². The SMILES string of the molecule is Cc1ccc(F)cc1C(O)c1ccc2c(c1)C(C)(C)CO2. The summed E-state index contributed by atoms with van der Waals surface area (Å²) in [6, 6.07) is 10.2. The maximum Gasteiger partial charge on any atom is 0.123 e. The molecule has 2 aromatic carbocycles. The van der Waals surface area contributed by atoms with Crippen LogP contribution in [-0.2, 0) is 5.41 Å². The molecule has 0 saturated heterocycles. The molecule has 1 aliphatic rings. The number of halogens is 1. The lowest BCUT2D eigenvalue weighted by atomic mass is 9.85. The molecule has 2 aromatic rings. The van der Waals surface area contributed by atoms with E-state index >= 15 is 0 Å². The van der Waals surface area contributed by atoms with E-state index in [-0.39, 0.29) is 11.2 Å². The molecule has 1 aliphatic heterocycles.